The van der Waals surface area contributed by atoms with Crippen molar-refractivity contribution < 1.29 is 9.21 Å². The smallest absolute Gasteiger partial charge is 0.291 e. The lowest BCUT2D eigenvalue weighted by atomic mass is 10.0. The van der Waals surface area contributed by atoms with Crippen molar-refractivity contribution in [1.29, 1.82) is 0 Å². The van der Waals surface area contributed by atoms with Crippen LogP contribution in [0.4, 0.5) is 5.69 Å². The highest BCUT2D eigenvalue weighted by Gasteiger charge is 2.14. The molecule has 0 radical (unpaired) electrons. The number of carbonyl (C=O) groups is 1. The molecular weight excluding hydrogens is 238 g/mol. The minimum Gasteiger partial charge on any atom is -0.456 e. The second-order valence-corrected chi connectivity index (χ2v) is 4.52. The van der Waals surface area contributed by atoms with Crippen molar-refractivity contribution in [3.63, 3.8) is 0 Å². The summed E-state index contributed by atoms with van der Waals surface area (Å²) < 4.78 is 5.35. The van der Waals surface area contributed by atoms with Gasteiger partial charge in [-0.05, 0) is 43.0 Å². The zero-order valence-electron chi connectivity index (χ0n) is 11.6. The van der Waals surface area contributed by atoms with E-state index in [0.717, 1.165) is 35.4 Å². The van der Waals surface area contributed by atoms with Crippen molar-refractivity contribution in [3.8, 4) is 0 Å². The molecule has 100 valence electrons. The van der Waals surface area contributed by atoms with Crippen molar-refractivity contribution in [2.45, 2.75) is 33.6 Å². The maximum Gasteiger partial charge on any atom is 0.291 e. The normalized spacial score (nSPS) is 10.5. The number of nitrogens with one attached hydrogen (secondary N) is 1. The predicted octanol–water partition coefficient (Wildman–Crippen LogP) is 3.97. The minimum atomic E-state index is -0.191. The maximum absolute atomic E-state index is 12.2. The van der Waals surface area contributed by atoms with Crippen LogP contribution in [0.3, 0.4) is 0 Å². The van der Waals surface area contributed by atoms with Crippen LogP contribution >= 0.6 is 0 Å². The quantitative estimate of drug-likeness (QED) is 0.900. The summed E-state index contributed by atoms with van der Waals surface area (Å²) in [5.74, 6) is 0.902. The van der Waals surface area contributed by atoms with E-state index in [-0.39, 0.29) is 5.91 Å². The highest BCUT2D eigenvalue weighted by atomic mass is 16.3. The van der Waals surface area contributed by atoms with Crippen molar-refractivity contribution in [3.05, 3.63) is 53.0 Å². The molecule has 0 atom stereocenters. The molecule has 0 aliphatic carbocycles. The number of aryl methyl sites for hydroxylation is 3. The van der Waals surface area contributed by atoms with E-state index in [9.17, 15) is 4.79 Å². The maximum atomic E-state index is 12.2. The number of benzene rings is 1. The molecule has 1 amide bonds. The topological polar surface area (TPSA) is 42.2 Å². The van der Waals surface area contributed by atoms with Gasteiger partial charge < -0.3 is 9.73 Å². The van der Waals surface area contributed by atoms with Gasteiger partial charge in [0.2, 0.25) is 0 Å². The Bertz CT molecular complexity index is 562. The first-order valence-corrected chi connectivity index (χ1v) is 6.64. The van der Waals surface area contributed by atoms with Gasteiger partial charge in [-0.3, -0.25) is 4.79 Å². The van der Waals surface area contributed by atoms with Gasteiger partial charge in [-0.1, -0.05) is 32.0 Å². The Labute approximate surface area is 113 Å². The summed E-state index contributed by atoms with van der Waals surface area (Å²) in [5.41, 5.74) is 3.22. The molecule has 1 aromatic heterocycles. The van der Waals surface area contributed by atoms with Crippen molar-refractivity contribution in [2.75, 3.05) is 5.32 Å². The predicted molar refractivity (Wildman–Crippen MR) is 76.6 cm³/mol. The number of rotatable bonds is 4. The molecule has 0 bridgehead atoms. The third-order valence-electron chi connectivity index (χ3n) is 3.20. The van der Waals surface area contributed by atoms with E-state index in [4.69, 9.17) is 4.42 Å². The molecule has 0 spiro atoms. The average Bonchev–Trinajstić information content (AvgIpc) is 2.85. The third kappa shape index (κ3) is 2.87. The summed E-state index contributed by atoms with van der Waals surface area (Å²) in [6.45, 7) is 6.00. The van der Waals surface area contributed by atoms with E-state index >= 15 is 0 Å². The molecule has 0 aliphatic heterocycles. The van der Waals surface area contributed by atoms with E-state index in [0.29, 0.717) is 5.76 Å². The lowest BCUT2D eigenvalue weighted by molar-refractivity contribution is 0.0995. The van der Waals surface area contributed by atoms with Crippen LogP contribution in [0.5, 0.6) is 0 Å². The van der Waals surface area contributed by atoms with Crippen molar-refractivity contribution in [1.82, 2.24) is 0 Å². The molecule has 1 N–H and O–H groups in total. The fourth-order valence-electron chi connectivity index (χ4n) is 2.13. The second-order valence-electron chi connectivity index (χ2n) is 4.52. The lowest BCUT2D eigenvalue weighted by Crippen LogP contribution is -2.14. The molecule has 0 fully saturated rings. The minimum absolute atomic E-state index is 0.191. The average molecular weight is 257 g/mol. The number of para-hydroxylation sites is 1. The molecule has 3 heteroatoms. The monoisotopic (exact) mass is 257 g/mol. The molecule has 1 heterocycles. The van der Waals surface area contributed by atoms with Gasteiger partial charge in [0.25, 0.3) is 5.91 Å². The largest absolute Gasteiger partial charge is 0.456 e. The van der Waals surface area contributed by atoms with E-state index in [1.165, 1.54) is 0 Å². The second kappa shape index (κ2) is 5.74. The standard InChI is InChI=1S/C16H19NO2/c1-4-12-7-6-8-13(5-2)15(12)17-16(18)14-10-9-11(3)19-14/h6-10H,4-5H2,1-3H3,(H,17,18). The summed E-state index contributed by atoms with van der Waals surface area (Å²) in [6.07, 6.45) is 1.78. The van der Waals surface area contributed by atoms with Crippen LogP contribution < -0.4 is 5.32 Å². The SMILES string of the molecule is CCc1cccc(CC)c1NC(=O)c1ccc(C)o1. The highest BCUT2D eigenvalue weighted by molar-refractivity contribution is 6.03. The van der Waals surface area contributed by atoms with Gasteiger partial charge in [0.05, 0.1) is 0 Å². The Kier molecular flexibility index (Phi) is 4.05. The Morgan fingerprint density at radius 2 is 1.74 bits per heavy atom. The third-order valence-corrected chi connectivity index (χ3v) is 3.20. The summed E-state index contributed by atoms with van der Waals surface area (Å²) in [5, 5.41) is 2.98. The molecule has 3 nitrogen and oxygen atoms in total. The summed E-state index contributed by atoms with van der Waals surface area (Å²) in [7, 11) is 0. The van der Waals surface area contributed by atoms with Crippen LogP contribution in [-0.2, 0) is 12.8 Å². The van der Waals surface area contributed by atoms with Gasteiger partial charge in [0.15, 0.2) is 5.76 Å². The lowest BCUT2D eigenvalue weighted by Gasteiger charge is -2.13. The number of carbonyl (C=O) groups excluding carboxylic acids is 1. The molecular formula is C16H19NO2. The highest BCUT2D eigenvalue weighted by Crippen LogP contribution is 2.23. The molecule has 2 aromatic rings. The number of amides is 1. The van der Waals surface area contributed by atoms with Gasteiger partial charge in [0, 0.05) is 5.69 Å². The Balaban J connectivity index is 2.30. The first kappa shape index (κ1) is 13.4. The number of hydrogen-bond donors (Lipinski definition) is 1. The molecule has 0 aliphatic rings. The van der Waals surface area contributed by atoms with E-state index in [1.54, 1.807) is 12.1 Å². The van der Waals surface area contributed by atoms with Crippen molar-refractivity contribution >= 4 is 11.6 Å². The van der Waals surface area contributed by atoms with Gasteiger partial charge in [0.1, 0.15) is 5.76 Å². The fourth-order valence-corrected chi connectivity index (χ4v) is 2.13. The molecule has 2 rings (SSSR count). The van der Waals surface area contributed by atoms with E-state index in [2.05, 4.69) is 19.2 Å². The molecule has 0 unspecified atom stereocenters. The van der Waals surface area contributed by atoms with Crippen LogP contribution in [0.15, 0.2) is 34.7 Å². The fraction of sp³-hybridized carbons (Fsp3) is 0.312. The zero-order chi connectivity index (χ0) is 13.8. The molecule has 1 aromatic carbocycles. The van der Waals surface area contributed by atoms with Crippen molar-refractivity contribution in [2.24, 2.45) is 0 Å². The van der Waals surface area contributed by atoms with Gasteiger partial charge >= 0.3 is 0 Å². The Morgan fingerprint density at radius 3 is 2.21 bits per heavy atom. The molecule has 0 saturated heterocycles. The summed E-state index contributed by atoms with van der Waals surface area (Å²) in [4.78, 5) is 12.2. The van der Waals surface area contributed by atoms with Crippen LogP contribution in [0.2, 0.25) is 0 Å². The van der Waals surface area contributed by atoms with Crippen LogP contribution in [0.25, 0.3) is 0 Å². The zero-order valence-corrected chi connectivity index (χ0v) is 11.6. The first-order valence-electron chi connectivity index (χ1n) is 6.64. The first-order chi connectivity index (χ1) is 9.15. The Morgan fingerprint density at radius 1 is 1.11 bits per heavy atom. The van der Waals surface area contributed by atoms with Crippen LogP contribution in [-0.4, -0.2) is 5.91 Å². The van der Waals surface area contributed by atoms with Gasteiger partial charge in [-0.25, -0.2) is 0 Å². The van der Waals surface area contributed by atoms with Crippen LogP contribution in [0, 0.1) is 6.92 Å². The number of anilines is 1. The Hall–Kier alpha value is -2.03. The summed E-state index contributed by atoms with van der Waals surface area (Å²) >= 11 is 0. The van der Waals surface area contributed by atoms with Gasteiger partial charge in [-0.15, -0.1) is 0 Å². The number of furan rings is 1. The van der Waals surface area contributed by atoms with Gasteiger partial charge in [-0.2, -0.15) is 0 Å². The van der Waals surface area contributed by atoms with E-state index in [1.807, 2.05) is 25.1 Å². The molecule has 19 heavy (non-hydrogen) atoms. The molecule has 0 saturated carbocycles. The number of hydrogen-bond acceptors (Lipinski definition) is 2. The van der Waals surface area contributed by atoms with Crippen LogP contribution in [0.1, 0.15) is 41.3 Å². The summed E-state index contributed by atoms with van der Waals surface area (Å²) in [6, 6.07) is 9.61. The van der Waals surface area contributed by atoms with E-state index < -0.39 is 0 Å².